The van der Waals surface area contributed by atoms with Crippen LogP contribution in [-0.2, 0) is 0 Å². The second kappa shape index (κ2) is 3.58. The molecule has 0 aromatic heterocycles. The van der Waals surface area contributed by atoms with Crippen molar-refractivity contribution >= 4 is 0 Å². The number of aliphatic hydroxyl groups is 1. The van der Waals surface area contributed by atoms with E-state index >= 15 is 0 Å². The molecule has 2 nitrogen and oxygen atoms in total. The highest BCUT2D eigenvalue weighted by Crippen LogP contribution is 2.42. The zero-order chi connectivity index (χ0) is 8.39. The Kier molecular flexibility index (Phi) is 2.47. The Labute approximate surface area is 73.7 Å². The van der Waals surface area contributed by atoms with Crippen LogP contribution >= 0.6 is 0 Å². The van der Waals surface area contributed by atoms with Crippen molar-refractivity contribution in [2.45, 2.75) is 12.8 Å². The molecule has 2 bridgehead atoms. The molecule has 0 aromatic rings. The molecule has 12 heavy (non-hydrogen) atoms. The topological polar surface area (TPSA) is 32.3 Å². The largest absolute Gasteiger partial charge is 0.395 e. The van der Waals surface area contributed by atoms with Crippen molar-refractivity contribution in [3.63, 3.8) is 0 Å². The van der Waals surface area contributed by atoms with Gasteiger partial charge in [-0.2, -0.15) is 0 Å². The van der Waals surface area contributed by atoms with Crippen molar-refractivity contribution in [2.75, 3.05) is 19.7 Å². The Bertz CT molecular complexity index is 179. The molecule has 1 saturated carbocycles. The van der Waals surface area contributed by atoms with E-state index in [0.717, 1.165) is 30.8 Å². The van der Waals surface area contributed by atoms with Crippen LogP contribution < -0.4 is 5.32 Å². The number of hydrogen-bond donors (Lipinski definition) is 2. The lowest BCUT2D eigenvalue weighted by molar-refractivity contribution is 0.284. The average molecular weight is 167 g/mol. The number of fused-ring (bicyclic) bond motifs is 2. The van der Waals surface area contributed by atoms with Crippen molar-refractivity contribution in [1.29, 1.82) is 0 Å². The highest BCUT2D eigenvalue weighted by atomic mass is 16.3. The Morgan fingerprint density at radius 3 is 2.83 bits per heavy atom. The number of hydrogen-bond acceptors (Lipinski definition) is 2. The van der Waals surface area contributed by atoms with Gasteiger partial charge in [0.1, 0.15) is 0 Å². The maximum atomic E-state index is 8.60. The van der Waals surface area contributed by atoms with E-state index < -0.39 is 0 Å². The van der Waals surface area contributed by atoms with E-state index in [1.165, 1.54) is 12.8 Å². The van der Waals surface area contributed by atoms with Crippen LogP contribution in [0.1, 0.15) is 12.8 Å². The van der Waals surface area contributed by atoms with Gasteiger partial charge < -0.3 is 10.4 Å². The van der Waals surface area contributed by atoms with E-state index in [1.54, 1.807) is 0 Å². The molecule has 2 heteroatoms. The van der Waals surface area contributed by atoms with Gasteiger partial charge in [-0.1, -0.05) is 12.2 Å². The number of allylic oxidation sites excluding steroid dienone is 2. The fourth-order valence-electron chi connectivity index (χ4n) is 2.50. The third kappa shape index (κ3) is 1.54. The van der Waals surface area contributed by atoms with Crippen molar-refractivity contribution in [1.82, 2.24) is 5.32 Å². The van der Waals surface area contributed by atoms with E-state index in [4.69, 9.17) is 5.11 Å². The molecular weight excluding hydrogens is 150 g/mol. The summed E-state index contributed by atoms with van der Waals surface area (Å²) in [5, 5.41) is 11.9. The summed E-state index contributed by atoms with van der Waals surface area (Å²) in [6.45, 7) is 2.10. The molecule has 2 N–H and O–H groups in total. The second-order valence-corrected chi connectivity index (χ2v) is 3.97. The monoisotopic (exact) mass is 167 g/mol. The molecule has 3 atom stereocenters. The fourth-order valence-corrected chi connectivity index (χ4v) is 2.50. The Morgan fingerprint density at radius 2 is 2.25 bits per heavy atom. The number of aliphatic hydroxyl groups excluding tert-OH is 1. The summed E-state index contributed by atoms with van der Waals surface area (Å²) in [6, 6.07) is 0. The first kappa shape index (κ1) is 8.27. The molecular formula is C10H17NO. The van der Waals surface area contributed by atoms with Gasteiger partial charge in [0.2, 0.25) is 0 Å². The molecule has 68 valence electrons. The molecule has 0 heterocycles. The van der Waals surface area contributed by atoms with Crippen LogP contribution in [0.3, 0.4) is 0 Å². The molecule has 2 rings (SSSR count). The summed E-state index contributed by atoms with van der Waals surface area (Å²) in [7, 11) is 0. The van der Waals surface area contributed by atoms with E-state index in [0.29, 0.717) is 0 Å². The lowest BCUT2D eigenvalue weighted by Gasteiger charge is -2.17. The van der Waals surface area contributed by atoms with Gasteiger partial charge in [0.15, 0.2) is 0 Å². The van der Waals surface area contributed by atoms with Gasteiger partial charge in [0.25, 0.3) is 0 Å². The summed E-state index contributed by atoms with van der Waals surface area (Å²) in [4.78, 5) is 0. The van der Waals surface area contributed by atoms with Crippen molar-refractivity contribution in [3.05, 3.63) is 12.2 Å². The predicted octanol–water partition coefficient (Wildman–Crippen LogP) is 0.780. The molecule has 0 spiro atoms. The lowest BCUT2D eigenvalue weighted by atomic mass is 9.94. The van der Waals surface area contributed by atoms with Crippen LogP contribution in [0.2, 0.25) is 0 Å². The molecule has 2 aliphatic rings. The first-order valence-corrected chi connectivity index (χ1v) is 4.90. The first-order valence-electron chi connectivity index (χ1n) is 4.90. The minimum absolute atomic E-state index is 0.261. The van der Waals surface area contributed by atoms with Crippen LogP contribution in [0, 0.1) is 17.8 Å². The Hall–Kier alpha value is -0.340. The van der Waals surface area contributed by atoms with Crippen LogP contribution in [-0.4, -0.2) is 24.8 Å². The van der Waals surface area contributed by atoms with E-state index in [2.05, 4.69) is 17.5 Å². The highest BCUT2D eigenvalue weighted by molar-refractivity contribution is 5.10. The van der Waals surface area contributed by atoms with E-state index in [-0.39, 0.29) is 6.61 Å². The van der Waals surface area contributed by atoms with Crippen molar-refractivity contribution in [2.24, 2.45) is 17.8 Å². The summed E-state index contributed by atoms with van der Waals surface area (Å²) in [6.07, 6.45) is 7.48. The highest BCUT2D eigenvalue weighted by Gasteiger charge is 2.34. The third-order valence-corrected chi connectivity index (χ3v) is 3.11. The third-order valence-electron chi connectivity index (χ3n) is 3.11. The van der Waals surface area contributed by atoms with Gasteiger partial charge in [0.05, 0.1) is 6.61 Å². The fraction of sp³-hybridized carbons (Fsp3) is 0.800. The van der Waals surface area contributed by atoms with E-state index in [9.17, 15) is 0 Å². The molecule has 0 saturated heterocycles. The molecule has 2 aliphatic carbocycles. The summed E-state index contributed by atoms with van der Waals surface area (Å²) >= 11 is 0. The minimum atomic E-state index is 0.261. The molecule has 0 aliphatic heterocycles. The minimum Gasteiger partial charge on any atom is -0.395 e. The number of nitrogens with one attached hydrogen (secondary N) is 1. The summed E-state index contributed by atoms with van der Waals surface area (Å²) in [5.74, 6) is 2.55. The number of rotatable bonds is 4. The lowest BCUT2D eigenvalue weighted by Crippen LogP contribution is -2.27. The van der Waals surface area contributed by atoms with Crippen LogP contribution in [0.5, 0.6) is 0 Å². The van der Waals surface area contributed by atoms with Gasteiger partial charge in [-0.05, 0) is 37.1 Å². The molecule has 0 aromatic carbocycles. The van der Waals surface area contributed by atoms with Crippen molar-refractivity contribution in [3.8, 4) is 0 Å². The van der Waals surface area contributed by atoms with Gasteiger partial charge in [-0.15, -0.1) is 0 Å². The predicted molar refractivity (Wildman–Crippen MR) is 48.8 cm³/mol. The van der Waals surface area contributed by atoms with Crippen molar-refractivity contribution < 1.29 is 5.11 Å². The first-order chi connectivity index (χ1) is 5.90. The molecule has 0 amide bonds. The second-order valence-electron chi connectivity index (χ2n) is 3.97. The molecule has 0 radical (unpaired) electrons. The standard InChI is InChI=1S/C10H17NO/c12-4-3-11-7-10-6-8-1-2-9(10)5-8/h1-2,8-12H,3-7H2. The van der Waals surface area contributed by atoms with Crippen LogP contribution in [0.4, 0.5) is 0 Å². The average Bonchev–Trinajstić information content (AvgIpc) is 2.65. The molecule has 1 fully saturated rings. The normalized spacial score (nSPS) is 37.9. The molecule has 3 unspecified atom stereocenters. The SMILES string of the molecule is OCCNCC1CC2C=CC1C2. The zero-order valence-electron chi connectivity index (χ0n) is 7.37. The maximum Gasteiger partial charge on any atom is 0.0555 e. The smallest absolute Gasteiger partial charge is 0.0555 e. The van der Waals surface area contributed by atoms with Gasteiger partial charge in [-0.3, -0.25) is 0 Å². The quantitative estimate of drug-likeness (QED) is 0.479. The maximum absolute atomic E-state index is 8.60. The van der Waals surface area contributed by atoms with Crippen LogP contribution in [0.25, 0.3) is 0 Å². The van der Waals surface area contributed by atoms with Gasteiger partial charge in [-0.25, -0.2) is 0 Å². The summed E-state index contributed by atoms with van der Waals surface area (Å²) in [5.41, 5.74) is 0. The van der Waals surface area contributed by atoms with Gasteiger partial charge in [0, 0.05) is 6.54 Å². The zero-order valence-corrected chi connectivity index (χ0v) is 7.37. The Balaban J connectivity index is 1.73. The Morgan fingerprint density at radius 1 is 1.33 bits per heavy atom. The van der Waals surface area contributed by atoms with Gasteiger partial charge >= 0.3 is 0 Å². The van der Waals surface area contributed by atoms with E-state index in [1.807, 2.05) is 0 Å². The summed E-state index contributed by atoms with van der Waals surface area (Å²) < 4.78 is 0. The van der Waals surface area contributed by atoms with Crippen LogP contribution in [0.15, 0.2) is 12.2 Å².